The third-order valence-electron chi connectivity index (χ3n) is 3.36. The van der Waals surface area contributed by atoms with E-state index in [1.54, 1.807) is 12.1 Å². The van der Waals surface area contributed by atoms with Crippen LogP contribution in [0.5, 0.6) is 17.2 Å². The lowest BCUT2D eigenvalue weighted by molar-refractivity contribution is -0.136. The van der Waals surface area contributed by atoms with Crippen LogP contribution in [-0.4, -0.2) is 27.5 Å². The van der Waals surface area contributed by atoms with Crippen LogP contribution in [0.1, 0.15) is 11.1 Å². The molecule has 8 heteroatoms. The van der Waals surface area contributed by atoms with Crippen molar-refractivity contribution in [2.75, 3.05) is 26.8 Å². The van der Waals surface area contributed by atoms with Gasteiger partial charge in [0.25, 0.3) is 0 Å². The van der Waals surface area contributed by atoms with Crippen LogP contribution >= 0.6 is 0 Å². The first-order chi connectivity index (χ1) is 11.9. The van der Waals surface area contributed by atoms with Crippen LogP contribution in [-0.2, 0) is 6.18 Å². The van der Waals surface area contributed by atoms with E-state index in [-0.39, 0.29) is 5.69 Å². The average Bonchev–Trinajstić information content (AvgIpc) is 2.60. The summed E-state index contributed by atoms with van der Waals surface area (Å²) in [5.74, 6) is 1.35. The van der Waals surface area contributed by atoms with Gasteiger partial charge in [-0.15, -0.1) is 0 Å². The summed E-state index contributed by atoms with van der Waals surface area (Å²) in [7, 11) is 4.43. The normalized spacial score (nSPS) is 11.4. The smallest absolute Gasteiger partial charge is 0.418 e. The molecule has 134 valence electrons. The molecular weight excluding hydrogens is 337 g/mol. The molecule has 0 saturated carbocycles. The van der Waals surface area contributed by atoms with Gasteiger partial charge < -0.3 is 14.2 Å². The largest absolute Gasteiger partial charge is 0.496 e. The van der Waals surface area contributed by atoms with Crippen LogP contribution in [0.4, 0.5) is 18.9 Å². The molecule has 2 aromatic rings. The Kier molecular flexibility index (Phi) is 5.74. The summed E-state index contributed by atoms with van der Waals surface area (Å²) in [6.45, 7) is 0. The lowest BCUT2D eigenvalue weighted by Gasteiger charge is -2.13. The molecular formula is C17H17F3N2O3. The quantitative estimate of drug-likeness (QED) is 0.625. The Morgan fingerprint density at radius 1 is 0.920 bits per heavy atom. The lowest BCUT2D eigenvalue weighted by atomic mass is 10.2. The molecule has 0 heterocycles. The number of methoxy groups -OCH3 is 3. The van der Waals surface area contributed by atoms with Crippen molar-refractivity contribution in [3.05, 3.63) is 47.5 Å². The first kappa shape index (κ1) is 18.4. The predicted molar refractivity (Wildman–Crippen MR) is 88.8 cm³/mol. The topological polar surface area (TPSA) is 52.1 Å². The number of nitrogens with zero attached hydrogens (tertiary/aromatic N) is 1. The summed E-state index contributed by atoms with van der Waals surface area (Å²) >= 11 is 0. The van der Waals surface area contributed by atoms with E-state index in [0.29, 0.717) is 22.8 Å². The molecule has 0 saturated heterocycles. The van der Waals surface area contributed by atoms with Gasteiger partial charge in [-0.05, 0) is 18.2 Å². The van der Waals surface area contributed by atoms with Crippen molar-refractivity contribution in [2.24, 2.45) is 5.10 Å². The number of hydrogen-bond donors (Lipinski definition) is 1. The molecule has 0 aromatic heterocycles. The second-order valence-electron chi connectivity index (χ2n) is 4.86. The number of benzene rings is 2. The molecule has 0 aliphatic rings. The van der Waals surface area contributed by atoms with Crippen LogP contribution in [0.2, 0.25) is 0 Å². The molecule has 2 aromatic carbocycles. The molecule has 0 amide bonds. The highest BCUT2D eigenvalue weighted by atomic mass is 19.4. The van der Waals surface area contributed by atoms with Crippen molar-refractivity contribution < 1.29 is 27.4 Å². The van der Waals surface area contributed by atoms with E-state index in [9.17, 15) is 13.2 Å². The van der Waals surface area contributed by atoms with E-state index >= 15 is 0 Å². The monoisotopic (exact) mass is 354 g/mol. The van der Waals surface area contributed by atoms with Crippen LogP contribution in [0.25, 0.3) is 0 Å². The maximum atomic E-state index is 13.0. The fraction of sp³-hybridized carbons (Fsp3) is 0.235. The Bertz CT molecular complexity index is 761. The zero-order valence-corrected chi connectivity index (χ0v) is 13.8. The van der Waals surface area contributed by atoms with Crippen molar-refractivity contribution in [2.45, 2.75) is 6.18 Å². The highest BCUT2D eigenvalue weighted by Crippen LogP contribution is 2.35. The zero-order valence-electron chi connectivity index (χ0n) is 13.8. The van der Waals surface area contributed by atoms with E-state index in [1.165, 1.54) is 45.7 Å². The van der Waals surface area contributed by atoms with Gasteiger partial charge in [0, 0.05) is 11.6 Å². The fourth-order valence-corrected chi connectivity index (χ4v) is 2.15. The van der Waals surface area contributed by atoms with Crippen LogP contribution < -0.4 is 19.6 Å². The van der Waals surface area contributed by atoms with E-state index < -0.39 is 11.7 Å². The van der Waals surface area contributed by atoms with Gasteiger partial charge in [0.2, 0.25) is 0 Å². The van der Waals surface area contributed by atoms with Crippen molar-refractivity contribution >= 4 is 11.9 Å². The molecule has 2 rings (SSSR count). The number of ether oxygens (including phenoxy) is 3. The molecule has 5 nitrogen and oxygen atoms in total. The number of alkyl halides is 3. The van der Waals surface area contributed by atoms with Crippen molar-refractivity contribution in [1.29, 1.82) is 0 Å². The van der Waals surface area contributed by atoms with Gasteiger partial charge in [-0.2, -0.15) is 18.3 Å². The van der Waals surface area contributed by atoms with Crippen molar-refractivity contribution in [3.63, 3.8) is 0 Å². The lowest BCUT2D eigenvalue weighted by Crippen LogP contribution is -2.08. The first-order valence-electron chi connectivity index (χ1n) is 7.16. The molecule has 25 heavy (non-hydrogen) atoms. The standard InChI is InChI=1S/C17H17F3N2O3/c1-23-14-9-16(25-3)15(24-2)8-11(14)10-21-22-13-7-5-4-6-12(13)17(18,19)20/h4-10,22H,1-3H3/b21-10+. The van der Waals surface area contributed by atoms with Crippen molar-refractivity contribution in [1.82, 2.24) is 0 Å². The van der Waals surface area contributed by atoms with Crippen molar-refractivity contribution in [3.8, 4) is 17.2 Å². The fourth-order valence-electron chi connectivity index (χ4n) is 2.15. The minimum Gasteiger partial charge on any atom is -0.496 e. The second-order valence-corrected chi connectivity index (χ2v) is 4.86. The summed E-state index contributed by atoms with van der Waals surface area (Å²) in [6, 6.07) is 8.29. The maximum absolute atomic E-state index is 13.0. The molecule has 0 bridgehead atoms. The van der Waals surface area contributed by atoms with Gasteiger partial charge in [-0.3, -0.25) is 5.43 Å². The number of hydrogen-bond acceptors (Lipinski definition) is 5. The summed E-state index contributed by atoms with van der Waals surface area (Å²) in [4.78, 5) is 0. The number of hydrazone groups is 1. The molecule has 0 atom stereocenters. The highest BCUT2D eigenvalue weighted by molar-refractivity contribution is 5.85. The second kappa shape index (κ2) is 7.78. The van der Waals surface area contributed by atoms with Gasteiger partial charge in [0.15, 0.2) is 11.5 Å². The molecule has 0 aliphatic heterocycles. The average molecular weight is 354 g/mol. The number of anilines is 1. The van der Waals surface area contributed by atoms with Gasteiger partial charge in [-0.1, -0.05) is 12.1 Å². The number of para-hydroxylation sites is 1. The Hall–Kier alpha value is -2.90. The summed E-state index contributed by atoms with van der Waals surface area (Å²) < 4.78 is 54.5. The van der Waals surface area contributed by atoms with Gasteiger partial charge in [0.1, 0.15) is 5.75 Å². The highest BCUT2D eigenvalue weighted by Gasteiger charge is 2.33. The van der Waals surface area contributed by atoms with E-state index in [4.69, 9.17) is 14.2 Å². The minimum atomic E-state index is -4.47. The van der Waals surface area contributed by atoms with E-state index in [2.05, 4.69) is 10.5 Å². The molecule has 0 radical (unpaired) electrons. The predicted octanol–water partition coefficient (Wildman–Crippen LogP) is 4.18. The summed E-state index contributed by atoms with van der Waals surface area (Å²) in [6.07, 6.45) is -3.13. The van der Waals surface area contributed by atoms with Crippen LogP contribution in [0, 0.1) is 0 Å². The summed E-state index contributed by atoms with van der Waals surface area (Å²) in [5, 5.41) is 3.87. The van der Waals surface area contributed by atoms with Gasteiger partial charge in [0.05, 0.1) is 38.8 Å². The summed E-state index contributed by atoms with van der Waals surface area (Å²) in [5.41, 5.74) is 1.97. The number of rotatable bonds is 6. The van der Waals surface area contributed by atoms with E-state index in [0.717, 1.165) is 6.07 Å². The maximum Gasteiger partial charge on any atom is 0.418 e. The van der Waals surface area contributed by atoms with Crippen LogP contribution in [0.3, 0.4) is 0 Å². The number of halogens is 3. The molecule has 0 fully saturated rings. The zero-order chi connectivity index (χ0) is 18.4. The molecule has 0 spiro atoms. The third-order valence-corrected chi connectivity index (χ3v) is 3.36. The molecule has 0 unspecified atom stereocenters. The number of nitrogens with one attached hydrogen (secondary N) is 1. The Morgan fingerprint density at radius 3 is 2.12 bits per heavy atom. The van der Waals surface area contributed by atoms with Gasteiger partial charge >= 0.3 is 6.18 Å². The Morgan fingerprint density at radius 2 is 1.52 bits per heavy atom. The Balaban J connectivity index is 2.29. The minimum absolute atomic E-state index is 0.148. The van der Waals surface area contributed by atoms with Crippen LogP contribution in [0.15, 0.2) is 41.5 Å². The molecule has 1 N–H and O–H groups in total. The first-order valence-corrected chi connectivity index (χ1v) is 7.16. The third kappa shape index (κ3) is 4.34. The Labute approximate surface area is 143 Å². The van der Waals surface area contributed by atoms with Gasteiger partial charge in [-0.25, -0.2) is 0 Å². The van der Waals surface area contributed by atoms with E-state index in [1.807, 2.05) is 0 Å². The molecule has 0 aliphatic carbocycles. The SMILES string of the molecule is COc1cc(OC)c(OC)cc1/C=N/Nc1ccccc1C(F)(F)F.